The highest BCUT2D eigenvalue weighted by Gasteiger charge is 2.57. The van der Waals surface area contributed by atoms with E-state index in [-0.39, 0.29) is 51.6 Å². The number of alkyl halides is 3. The second-order valence-corrected chi connectivity index (χ2v) is 11.7. The zero-order chi connectivity index (χ0) is 32.5. The molecule has 1 aliphatic heterocycles. The molecule has 15 heteroatoms. The first-order chi connectivity index (χ1) is 21.2. The Kier molecular flexibility index (Phi) is 7.20. The third kappa shape index (κ3) is 5.11. The highest BCUT2D eigenvalue weighted by atomic mass is 35.5. The quantitative estimate of drug-likeness (QED) is 0.238. The molecule has 10 nitrogen and oxygen atoms in total. The van der Waals surface area contributed by atoms with E-state index in [4.69, 9.17) is 26.8 Å². The maximum atomic E-state index is 14.8. The van der Waals surface area contributed by atoms with Crippen molar-refractivity contribution in [1.82, 2.24) is 20.1 Å². The van der Waals surface area contributed by atoms with E-state index in [1.807, 2.05) is 0 Å². The third-order valence-electron chi connectivity index (χ3n) is 8.19. The number of nitrogens with zero attached hydrogens (tertiary/aromatic N) is 3. The maximum Gasteiger partial charge on any atom is 0.424 e. The van der Waals surface area contributed by atoms with Gasteiger partial charge in [0.25, 0.3) is 5.91 Å². The van der Waals surface area contributed by atoms with Crippen LogP contribution in [0.3, 0.4) is 0 Å². The van der Waals surface area contributed by atoms with Crippen molar-refractivity contribution in [3.05, 3.63) is 70.3 Å². The van der Waals surface area contributed by atoms with E-state index in [9.17, 15) is 32.3 Å². The van der Waals surface area contributed by atoms with Gasteiger partial charge >= 0.3 is 6.18 Å². The van der Waals surface area contributed by atoms with E-state index >= 15 is 0 Å². The molecule has 1 aliphatic carbocycles. The van der Waals surface area contributed by atoms with E-state index in [0.717, 1.165) is 31.0 Å². The number of nitrogens with two attached hydrogens (primary N) is 1. The number of halogens is 5. The molecule has 236 valence electrons. The van der Waals surface area contributed by atoms with E-state index in [2.05, 4.69) is 15.4 Å². The molecule has 2 aromatic heterocycles. The van der Waals surface area contributed by atoms with Gasteiger partial charge in [0.15, 0.2) is 0 Å². The van der Waals surface area contributed by atoms with Gasteiger partial charge in [-0.1, -0.05) is 11.6 Å². The van der Waals surface area contributed by atoms with Gasteiger partial charge in [0.2, 0.25) is 11.5 Å². The summed E-state index contributed by atoms with van der Waals surface area (Å²) in [4.78, 5) is 29.8. The lowest BCUT2D eigenvalue weighted by atomic mass is 9.81. The summed E-state index contributed by atoms with van der Waals surface area (Å²) in [5.74, 6) is -2.43. The fourth-order valence-electron chi connectivity index (χ4n) is 5.24. The van der Waals surface area contributed by atoms with Gasteiger partial charge in [0, 0.05) is 28.3 Å². The van der Waals surface area contributed by atoms with Crippen molar-refractivity contribution in [2.24, 2.45) is 5.73 Å². The number of carbonyl (C=O) groups is 2. The van der Waals surface area contributed by atoms with Gasteiger partial charge in [-0.3, -0.25) is 14.3 Å². The number of hydrogen-bond donors (Lipinski definition) is 3. The number of methoxy groups -OCH3 is 1. The standard InChI is InChI=1S/C30H26ClF4N5O5/c1-28(27(36)42)13-45-25-19(28)10-22(38-24(25)18-6-3-16(32)9-20(18)31)29(43,30(33,34)35)12-37-26(41)14-7-15-11-40(17-4-5-17)39-23(15)21(8-14)44-2/h3,6-11,17,43H,4-5,12-13H2,1-2H3,(H2,36,42)(H,37,41)/t28-,29?/m0/s1. The fourth-order valence-corrected chi connectivity index (χ4v) is 5.50. The molecule has 4 aromatic rings. The summed E-state index contributed by atoms with van der Waals surface area (Å²) in [6.07, 6.45) is -1.75. The molecule has 0 saturated heterocycles. The number of fused-ring (bicyclic) bond motifs is 2. The third-order valence-corrected chi connectivity index (χ3v) is 8.51. The minimum absolute atomic E-state index is 0.0226. The van der Waals surface area contributed by atoms with Crippen LogP contribution in [0.25, 0.3) is 22.2 Å². The molecule has 0 radical (unpaired) electrons. The van der Waals surface area contributed by atoms with E-state index < -0.39 is 47.1 Å². The fraction of sp³-hybridized carbons (Fsp3) is 0.333. The second-order valence-electron chi connectivity index (χ2n) is 11.3. The number of aliphatic hydroxyl groups is 1. The van der Waals surface area contributed by atoms with Crippen molar-refractivity contribution < 1.29 is 41.7 Å². The number of benzene rings is 2. The van der Waals surface area contributed by atoms with Crippen molar-refractivity contribution in [2.75, 3.05) is 20.3 Å². The van der Waals surface area contributed by atoms with Crippen LogP contribution in [0, 0.1) is 5.82 Å². The van der Waals surface area contributed by atoms with Crippen LogP contribution in [0.15, 0.2) is 42.6 Å². The lowest BCUT2D eigenvalue weighted by Crippen LogP contribution is -2.51. The minimum Gasteiger partial charge on any atom is -0.494 e. The highest BCUT2D eigenvalue weighted by molar-refractivity contribution is 6.33. The summed E-state index contributed by atoms with van der Waals surface area (Å²) in [5, 5.41) is 18.3. The first-order valence-electron chi connectivity index (χ1n) is 13.7. The van der Waals surface area contributed by atoms with Crippen molar-refractivity contribution in [2.45, 2.75) is 43.0 Å². The molecule has 3 heterocycles. The van der Waals surface area contributed by atoms with E-state index in [0.29, 0.717) is 10.9 Å². The summed E-state index contributed by atoms with van der Waals surface area (Å²) in [5.41, 5.74) is -0.690. The van der Waals surface area contributed by atoms with Crippen LogP contribution in [0.2, 0.25) is 5.02 Å². The number of nitrogens with one attached hydrogen (secondary N) is 1. The van der Waals surface area contributed by atoms with Crippen LogP contribution >= 0.6 is 11.6 Å². The molecule has 1 fully saturated rings. The molecule has 0 spiro atoms. The van der Waals surface area contributed by atoms with Crippen molar-refractivity contribution in [3.8, 4) is 22.8 Å². The van der Waals surface area contributed by atoms with Gasteiger partial charge in [-0.2, -0.15) is 18.3 Å². The Morgan fingerprint density at radius 1 is 1.24 bits per heavy atom. The first kappa shape index (κ1) is 30.6. The number of ether oxygens (including phenoxy) is 2. The molecule has 4 N–H and O–H groups in total. The predicted molar refractivity (Wildman–Crippen MR) is 154 cm³/mol. The number of rotatable bonds is 8. The Morgan fingerprint density at radius 3 is 2.60 bits per heavy atom. The van der Waals surface area contributed by atoms with E-state index in [1.165, 1.54) is 32.2 Å². The normalized spacial score (nSPS) is 19.1. The molecule has 2 atom stereocenters. The van der Waals surface area contributed by atoms with Crippen LogP contribution in [0.1, 0.15) is 47.4 Å². The Morgan fingerprint density at radius 2 is 1.98 bits per heavy atom. The van der Waals surface area contributed by atoms with Crippen LogP contribution in [-0.4, -0.2) is 58.1 Å². The first-order valence-corrected chi connectivity index (χ1v) is 14.1. The van der Waals surface area contributed by atoms with Crippen LogP contribution < -0.4 is 20.5 Å². The van der Waals surface area contributed by atoms with Gasteiger partial charge < -0.3 is 25.6 Å². The maximum absolute atomic E-state index is 14.8. The molecular formula is C30H26ClF4N5O5. The molecule has 1 saturated carbocycles. The molecule has 2 amide bonds. The predicted octanol–water partition coefficient (Wildman–Crippen LogP) is 4.55. The number of amides is 2. The molecule has 1 unspecified atom stereocenters. The summed E-state index contributed by atoms with van der Waals surface area (Å²) >= 11 is 6.23. The summed E-state index contributed by atoms with van der Waals surface area (Å²) in [6.45, 7) is -0.338. The number of aromatic nitrogens is 3. The van der Waals surface area contributed by atoms with Crippen molar-refractivity contribution in [3.63, 3.8) is 0 Å². The summed E-state index contributed by atoms with van der Waals surface area (Å²) < 4.78 is 70.9. The van der Waals surface area contributed by atoms with Crippen molar-refractivity contribution >= 4 is 34.3 Å². The van der Waals surface area contributed by atoms with Gasteiger partial charge in [-0.05, 0) is 56.2 Å². The second kappa shape index (κ2) is 10.6. The average Bonchev–Trinajstić information content (AvgIpc) is 3.65. The van der Waals surface area contributed by atoms with Crippen LogP contribution in [-0.2, 0) is 15.8 Å². The van der Waals surface area contributed by atoms with Gasteiger partial charge in [-0.25, -0.2) is 9.37 Å². The molecule has 2 aliphatic rings. The average molecular weight is 648 g/mol. The number of carbonyl (C=O) groups excluding carboxylic acids is 2. The smallest absolute Gasteiger partial charge is 0.424 e. The Labute approximate surface area is 258 Å². The zero-order valence-corrected chi connectivity index (χ0v) is 24.6. The van der Waals surface area contributed by atoms with Crippen LogP contribution in [0.4, 0.5) is 17.6 Å². The number of hydrogen-bond acceptors (Lipinski definition) is 7. The van der Waals surface area contributed by atoms with E-state index in [1.54, 1.807) is 10.9 Å². The van der Waals surface area contributed by atoms with Gasteiger partial charge in [0.05, 0.1) is 30.4 Å². The topological polar surface area (TPSA) is 142 Å². The highest BCUT2D eigenvalue weighted by Crippen LogP contribution is 2.48. The van der Waals surface area contributed by atoms with Crippen molar-refractivity contribution in [1.29, 1.82) is 0 Å². The molecular weight excluding hydrogens is 622 g/mol. The molecule has 2 aromatic carbocycles. The SMILES string of the molecule is COc1cc(C(=O)NCC(O)(c2cc3c(c(-c4ccc(F)cc4Cl)n2)OC[C@]3(C)C(N)=O)C(F)(F)F)cc2cn(C3CC3)nc12. The monoisotopic (exact) mass is 647 g/mol. The van der Waals surface area contributed by atoms with Gasteiger partial charge in [0.1, 0.15) is 40.5 Å². The lowest BCUT2D eigenvalue weighted by molar-refractivity contribution is -0.265. The van der Waals surface area contributed by atoms with Gasteiger partial charge in [-0.15, -0.1) is 0 Å². The Bertz CT molecular complexity index is 1880. The molecule has 45 heavy (non-hydrogen) atoms. The lowest BCUT2D eigenvalue weighted by Gasteiger charge is -2.31. The Balaban J connectivity index is 1.41. The van der Waals surface area contributed by atoms with Crippen LogP contribution in [0.5, 0.6) is 11.5 Å². The summed E-state index contributed by atoms with van der Waals surface area (Å²) in [7, 11) is 1.38. The molecule has 6 rings (SSSR count). The minimum atomic E-state index is -5.39. The largest absolute Gasteiger partial charge is 0.494 e. The number of primary amides is 1. The Hall–Kier alpha value is -4.43. The summed E-state index contributed by atoms with van der Waals surface area (Å²) in [6, 6.07) is 7.02. The number of pyridine rings is 1. The molecule has 0 bridgehead atoms. The zero-order valence-electron chi connectivity index (χ0n) is 23.8.